The number of benzene rings is 1. The number of carboxylic acids is 1. The molecule has 3 rings (SSSR count). The zero-order valence-electron chi connectivity index (χ0n) is 12.0. The first-order valence-electron chi connectivity index (χ1n) is 7.35. The van der Waals surface area contributed by atoms with Crippen LogP contribution < -0.4 is 0 Å². The van der Waals surface area contributed by atoms with Crippen molar-refractivity contribution in [1.29, 1.82) is 0 Å². The average Bonchev–Trinajstić information content (AvgIpc) is 3.25. The Balaban J connectivity index is 1.70. The maximum Gasteiger partial charge on any atom is 0.335 e. The van der Waals surface area contributed by atoms with E-state index in [1.54, 1.807) is 12.1 Å². The molecule has 1 saturated carbocycles. The van der Waals surface area contributed by atoms with Gasteiger partial charge in [0, 0.05) is 19.7 Å². The van der Waals surface area contributed by atoms with Gasteiger partial charge in [-0.25, -0.2) is 4.79 Å². The number of fused-ring (bicyclic) bond motifs is 1. The molecule has 1 amide bonds. The standard InChI is InChI=1S/C16H19NO4/c1-2-21-14-8-13(14)15(18)17-6-5-10-3-4-11(16(19)20)7-12(10)9-17/h3-4,7,13-14H,2,5-6,8-9H2,1H3,(H,19,20). The predicted molar refractivity (Wildman–Crippen MR) is 76.0 cm³/mol. The Morgan fingerprint density at radius 1 is 1.38 bits per heavy atom. The summed E-state index contributed by atoms with van der Waals surface area (Å²) < 4.78 is 5.47. The van der Waals surface area contributed by atoms with E-state index in [4.69, 9.17) is 9.84 Å². The van der Waals surface area contributed by atoms with Crippen molar-refractivity contribution in [3.05, 3.63) is 34.9 Å². The fourth-order valence-electron chi connectivity index (χ4n) is 2.94. The van der Waals surface area contributed by atoms with Gasteiger partial charge in [0.2, 0.25) is 5.91 Å². The van der Waals surface area contributed by atoms with Gasteiger partial charge in [-0.15, -0.1) is 0 Å². The van der Waals surface area contributed by atoms with Crippen molar-refractivity contribution in [2.45, 2.75) is 32.4 Å². The maximum absolute atomic E-state index is 12.4. The van der Waals surface area contributed by atoms with E-state index >= 15 is 0 Å². The number of amides is 1. The van der Waals surface area contributed by atoms with E-state index in [2.05, 4.69) is 0 Å². The third-order valence-corrected chi connectivity index (χ3v) is 4.21. The zero-order chi connectivity index (χ0) is 15.0. The highest BCUT2D eigenvalue weighted by molar-refractivity contribution is 5.88. The summed E-state index contributed by atoms with van der Waals surface area (Å²) in [6, 6.07) is 5.18. The fraction of sp³-hybridized carbons (Fsp3) is 0.500. The largest absolute Gasteiger partial charge is 0.478 e. The molecule has 112 valence electrons. The van der Waals surface area contributed by atoms with Crippen LogP contribution in [0.4, 0.5) is 0 Å². The Morgan fingerprint density at radius 3 is 2.90 bits per heavy atom. The molecular weight excluding hydrogens is 270 g/mol. The predicted octanol–water partition coefficient (Wildman–Crippen LogP) is 1.69. The van der Waals surface area contributed by atoms with Crippen molar-refractivity contribution in [3.63, 3.8) is 0 Å². The molecule has 1 fully saturated rings. The van der Waals surface area contributed by atoms with Crippen molar-refractivity contribution in [2.24, 2.45) is 5.92 Å². The van der Waals surface area contributed by atoms with E-state index in [-0.39, 0.29) is 23.5 Å². The Labute approximate surface area is 123 Å². The Morgan fingerprint density at radius 2 is 2.19 bits per heavy atom. The van der Waals surface area contributed by atoms with Gasteiger partial charge in [0.05, 0.1) is 17.6 Å². The number of carboxylic acid groups (broad SMARTS) is 1. The van der Waals surface area contributed by atoms with Crippen molar-refractivity contribution < 1.29 is 19.4 Å². The van der Waals surface area contributed by atoms with E-state index in [1.165, 1.54) is 0 Å². The summed E-state index contributed by atoms with van der Waals surface area (Å²) in [7, 11) is 0. The quantitative estimate of drug-likeness (QED) is 0.916. The lowest BCUT2D eigenvalue weighted by Crippen LogP contribution is -2.37. The van der Waals surface area contributed by atoms with Gasteiger partial charge < -0.3 is 14.7 Å². The monoisotopic (exact) mass is 289 g/mol. The summed E-state index contributed by atoms with van der Waals surface area (Å²) in [5.74, 6) is -0.797. The van der Waals surface area contributed by atoms with Crippen LogP contribution in [0.3, 0.4) is 0 Å². The highest BCUT2D eigenvalue weighted by Gasteiger charge is 2.46. The fourth-order valence-corrected chi connectivity index (χ4v) is 2.94. The summed E-state index contributed by atoms with van der Waals surface area (Å²) in [5, 5.41) is 9.06. The first-order chi connectivity index (χ1) is 10.1. The van der Waals surface area contributed by atoms with Crippen LogP contribution in [-0.4, -0.2) is 41.1 Å². The Kier molecular flexibility index (Phi) is 3.68. The molecule has 0 aromatic heterocycles. The third-order valence-electron chi connectivity index (χ3n) is 4.21. The molecule has 2 unspecified atom stereocenters. The van der Waals surface area contributed by atoms with Crippen LogP contribution >= 0.6 is 0 Å². The first kappa shape index (κ1) is 14.1. The summed E-state index contributed by atoms with van der Waals surface area (Å²) in [4.78, 5) is 25.3. The van der Waals surface area contributed by atoms with Crippen molar-refractivity contribution >= 4 is 11.9 Å². The second-order valence-corrected chi connectivity index (χ2v) is 5.63. The van der Waals surface area contributed by atoms with Crippen LogP contribution in [0.25, 0.3) is 0 Å². The average molecular weight is 289 g/mol. The molecule has 2 atom stereocenters. The topological polar surface area (TPSA) is 66.8 Å². The normalized spacial score (nSPS) is 23.6. The van der Waals surface area contributed by atoms with Gasteiger partial charge in [0.1, 0.15) is 0 Å². The minimum Gasteiger partial charge on any atom is -0.478 e. The van der Waals surface area contributed by atoms with Gasteiger partial charge in [-0.1, -0.05) is 6.07 Å². The first-order valence-corrected chi connectivity index (χ1v) is 7.35. The molecule has 1 aliphatic heterocycles. The lowest BCUT2D eigenvalue weighted by atomic mass is 9.97. The maximum atomic E-state index is 12.4. The molecule has 1 N–H and O–H groups in total. The lowest BCUT2D eigenvalue weighted by molar-refractivity contribution is -0.134. The zero-order valence-corrected chi connectivity index (χ0v) is 12.0. The van der Waals surface area contributed by atoms with Crippen LogP contribution in [-0.2, 0) is 22.5 Å². The number of aromatic carboxylic acids is 1. The van der Waals surface area contributed by atoms with Gasteiger partial charge in [-0.2, -0.15) is 0 Å². The number of carbonyl (C=O) groups excluding carboxylic acids is 1. The molecule has 2 aliphatic rings. The van der Waals surface area contributed by atoms with E-state index in [9.17, 15) is 9.59 Å². The summed E-state index contributed by atoms with van der Waals surface area (Å²) in [5.41, 5.74) is 2.37. The molecule has 0 radical (unpaired) electrons. The van der Waals surface area contributed by atoms with Crippen molar-refractivity contribution in [1.82, 2.24) is 4.90 Å². The van der Waals surface area contributed by atoms with Gasteiger partial charge in [-0.3, -0.25) is 4.79 Å². The van der Waals surface area contributed by atoms with E-state index in [0.717, 1.165) is 24.0 Å². The van der Waals surface area contributed by atoms with E-state index in [1.807, 2.05) is 17.9 Å². The van der Waals surface area contributed by atoms with Gasteiger partial charge in [0.25, 0.3) is 0 Å². The van der Waals surface area contributed by atoms with E-state index in [0.29, 0.717) is 19.7 Å². The molecular formula is C16H19NO4. The van der Waals surface area contributed by atoms with Gasteiger partial charge in [-0.05, 0) is 43.0 Å². The summed E-state index contributed by atoms with van der Waals surface area (Å²) in [6.07, 6.45) is 1.67. The highest BCUT2D eigenvalue weighted by atomic mass is 16.5. The Hall–Kier alpha value is -1.88. The SMILES string of the molecule is CCOC1CC1C(=O)N1CCc2ccc(C(=O)O)cc2C1. The van der Waals surface area contributed by atoms with Crippen molar-refractivity contribution in [2.75, 3.05) is 13.2 Å². The molecule has 1 aromatic rings. The summed E-state index contributed by atoms with van der Waals surface area (Å²) >= 11 is 0. The third kappa shape index (κ3) is 2.78. The van der Waals surface area contributed by atoms with Crippen LogP contribution in [0.1, 0.15) is 34.8 Å². The van der Waals surface area contributed by atoms with Crippen molar-refractivity contribution in [3.8, 4) is 0 Å². The van der Waals surface area contributed by atoms with E-state index < -0.39 is 5.97 Å². The van der Waals surface area contributed by atoms with Crippen LogP contribution in [0.2, 0.25) is 0 Å². The minimum absolute atomic E-state index is 0.00541. The van der Waals surface area contributed by atoms with Crippen LogP contribution in [0.5, 0.6) is 0 Å². The number of hydrogen-bond acceptors (Lipinski definition) is 3. The molecule has 5 heteroatoms. The second-order valence-electron chi connectivity index (χ2n) is 5.63. The minimum atomic E-state index is -0.931. The Bertz CT molecular complexity index is 584. The molecule has 0 bridgehead atoms. The molecule has 1 aromatic carbocycles. The molecule has 5 nitrogen and oxygen atoms in total. The number of hydrogen-bond donors (Lipinski definition) is 1. The van der Waals surface area contributed by atoms with Gasteiger partial charge >= 0.3 is 5.97 Å². The number of nitrogens with zero attached hydrogens (tertiary/aromatic N) is 1. The highest BCUT2D eigenvalue weighted by Crippen LogP contribution is 2.36. The second kappa shape index (κ2) is 5.48. The summed E-state index contributed by atoms with van der Waals surface area (Å²) in [6.45, 7) is 3.78. The number of ether oxygens (including phenoxy) is 1. The molecule has 0 saturated heterocycles. The number of carbonyl (C=O) groups is 2. The van der Waals surface area contributed by atoms with Crippen LogP contribution in [0, 0.1) is 5.92 Å². The molecule has 1 heterocycles. The lowest BCUT2D eigenvalue weighted by Gasteiger charge is -2.29. The molecule has 1 aliphatic carbocycles. The molecule has 0 spiro atoms. The smallest absolute Gasteiger partial charge is 0.335 e. The van der Waals surface area contributed by atoms with Gasteiger partial charge in [0.15, 0.2) is 0 Å². The van der Waals surface area contributed by atoms with Crippen LogP contribution in [0.15, 0.2) is 18.2 Å². The molecule has 21 heavy (non-hydrogen) atoms. The number of rotatable bonds is 4.